The number of amides is 1. The molecule has 1 aromatic rings. The van der Waals surface area contributed by atoms with Crippen molar-refractivity contribution < 1.29 is 32.6 Å². The van der Waals surface area contributed by atoms with Crippen molar-refractivity contribution in [1.82, 2.24) is 10.2 Å². The number of alkyl halides is 3. The maximum Gasteiger partial charge on any atom is 0.490 e. The number of benzene rings is 1. The maximum atomic E-state index is 12.3. The molecule has 3 rings (SSSR count). The van der Waals surface area contributed by atoms with E-state index in [0.29, 0.717) is 0 Å². The van der Waals surface area contributed by atoms with Crippen molar-refractivity contribution in [3.05, 3.63) is 34.9 Å². The van der Waals surface area contributed by atoms with Crippen molar-refractivity contribution in [3.8, 4) is 0 Å². The van der Waals surface area contributed by atoms with E-state index in [1.807, 2.05) is 26.0 Å². The average molecular weight is 437 g/mol. The van der Waals surface area contributed by atoms with E-state index in [9.17, 15) is 18.0 Å². The second kappa shape index (κ2) is 9.77. The molecule has 2 heterocycles. The molecule has 1 aromatic carbocycles. The first-order valence-electron chi connectivity index (χ1n) is 9.18. The van der Waals surface area contributed by atoms with Gasteiger partial charge in [0.15, 0.2) is 0 Å². The molecule has 3 atom stereocenters. The molecule has 2 fully saturated rings. The molecule has 0 aliphatic carbocycles. The van der Waals surface area contributed by atoms with E-state index >= 15 is 0 Å². The van der Waals surface area contributed by atoms with Gasteiger partial charge in [0.2, 0.25) is 5.91 Å². The maximum absolute atomic E-state index is 12.3. The number of carboxylic acids is 1. The molecule has 2 aliphatic rings. The van der Waals surface area contributed by atoms with Crippen LogP contribution >= 0.6 is 11.6 Å². The summed E-state index contributed by atoms with van der Waals surface area (Å²) in [7, 11) is 0. The zero-order chi connectivity index (χ0) is 21.8. The number of carbonyl (C=O) groups is 2. The van der Waals surface area contributed by atoms with E-state index in [1.54, 1.807) is 0 Å². The third-order valence-corrected chi connectivity index (χ3v) is 4.81. The summed E-state index contributed by atoms with van der Waals surface area (Å²) in [4.78, 5) is 23.6. The molecule has 0 unspecified atom stereocenters. The van der Waals surface area contributed by atoms with Crippen LogP contribution in [0, 0.1) is 5.92 Å². The van der Waals surface area contributed by atoms with Gasteiger partial charge in [0, 0.05) is 30.7 Å². The second-order valence-corrected chi connectivity index (χ2v) is 7.86. The number of carboxylic acid groups (broad SMARTS) is 1. The van der Waals surface area contributed by atoms with Gasteiger partial charge in [-0.15, -0.1) is 0 Å². The van der Waals surface area contributed by atoms with Crippen molar-refractivity contribution in [2.24, 2.45) is 5.92 Å². The van der Waals surface area contributed by atoms with Crippen molar-refractivity contribution in [2.45, 2.75) is 51.2 Å². The summed E-state index contributed by atoms with van der Waals surface area (Å²) < 4.78 is 37.7. The predicted molar refractivity (Wildman–Crippen MR) is 100 cm³/mol. The lowest BCUT2D eigenvalue weighted by Gasteiger charge is -2.32. The molecular weight excluding hydrogens is 413 g/mol. The number of rotatable bonds is 4. The predicted octanol–water partition coefficient (Wildman–Crippen LogP) is 3.09. The quantitative estimate of drug-likeness (QED) is 0.758. The molecule has 0 radical (unpaired) electrons. The van der Waals surface area contributed by atoms with Gasteiger partial charge in [-0.05, 0) is 38.0 Å². The van der Waals surface area contributed by atoms with Crippen LogP contribution in [0.15, 0.2) is 24.3 Å². The van der Waals surface area contributed by atoms with E-state index in [2.05, 4.69) is 22.3 Å². The Hall–Kier alpha value is -1.84. The first-order chi connectivity index (χ1) is 13.5. The van der Waals surface area contributed by atoms with Gasteiger partial charge in [-0.3, -0.25) is 9.69 Å². The van der Waals surface area contributed by atoms with Crippen LogP contribution in [0.5, 0.6) is 0 Å². The zero-order valence-electron chi connectivity index (χ0n) is 16.1. The largest absolute Gasteiger partial charge is 0.490 e. The van der Waals surface area contributed by atoms with Gasteiger partial charge >= 0.3 is 12.1 Å². The molecule has 2 aliphatic heterocycles. The molecule has 162 valence electrons. The summed E-state index contributed by atoms with van der Waals surface area (Å²) >= 11 is 5.93. The standard InChI is InChI=1S/C17H23ClN2O2.C2HF3O2/c1-11(2)19-17(21)15-7-14-9-20(10-16(15)22-14)8-12-3-5-13(18)6-4-12;3-2(4,5)1(6)7/h3-6,11,14-16H,7-10H2,1-2H3,(H,19,21);(H,6,7)/t14-,15+,16-;/m1./s1. The van der Waals surface area contributed by atoms with Gasteiger partial charge in [-0.25, -0.2) is 4.79 Å². The van der Waals surface area contributed by atoms with Crippen molar-refractivity contribution in [3.63, 3.8) is 0 Å². The molecule has 10 heteroatoms. The molecule has 0 spiro atoms. The molecule has 1 amide bonds. The number of fused-ring (bicyclic) bond motifs is 2. The number of aliphatic carboxylic acids is 1. The molecular formula is C19H24ClF3N2O4. The van der Waals surface area contributed by atoms with Crippen LogP contribution in [0.25, 0.3) is 0 Å². The summed E-state index contributed by atoms with van der Waals surface area (Å²) in [6.45, 7) is 6.57. The SMILES string of the molecule is CC(C)NC(=O)[C@H]1C[C@@H]2CN(Cc3ccc(Cl)cc3)C[C@H]1O2.O=C(O)C(F)(F)F. The van der Waals surface area contributed by atoms with Gasteiger partial charge in [0.05, 0.1) is 18.1 Å². The highest BCUT2D eigenvalue weighted by molar-refractivity contribution is 6.30. The first kappa shape index (κ1) is 23.4. The number of likely N-dealkylation sites (tertiary alicyclic amines) is 1. The van der Waals surface area contributed by atoms with E-state index in [4.69, 9.17) is 26.2 Å². The highest BCUT2D eigenvalue weighted by atomic mass is 35.5. The van der Waals surface area contributed by atoms with Crippen molar-refractivity contribution in [1.29, 1.82) is 0 Å². The lowest BCUT2D eigenvalue weighted by atomic mass is 9.99. The van der Waals surface area contributed by atoms with Gasteiger partial charge in [-0.1, -0.05) is 23.7 Å². The summed E-state index contributed by atoms with van der Waals surface area (Å²) in [6.07, 6.45) is -4.06. The Balaban J connectivity index is 0.000000370. The molecule has 29 heavy (non-hydrogen) atoms. The van der Waals surface area contributed by atoms with Crippen LogP contribution in [-0.2, 0) is 20.9 Å². The summed E-state index contributed by atoms with van der Waals surface area (Å²) in [5, 5.41) is 10.9. The number of hydrogen-bond donors (Lipinski definition) is 2. The number of carbonyl (C=O) groups excluding carboxylic acids is 1. The Morgan fingerprint density at radius 3 is 2.38 bits per heavy atom. The van der Waals surface area contributed by atoms with Gasteiger partial charge in [0.1, 0.15) is 0 Å². The van der Waals surface area contributed by atoms with Gasteiger partial charge in [-0.2, -0.15) is 13.2 Å². The number of halogens is 4. The summed E-state index contributed by atoms with van der Waals surface area (Å²) in [5.41, 5.74) is 1.24. The fourth-order valence-electron chi connectivity index (χ4n) is 3.38. The monoisotopic (exact) mass is 436 g/mol. The molecule has 2 N–H and O–H groups in total. The fraction of sp³-hybridized carbons (Fsp3) is 0.579. The van der Waals surface area contributed by atoms with Crippen LogP contribution < -0.4 is 5.32 Å². The number of hydrogen-bond acceptors (Lipinski definition) is 4. The van der Waals surface area contributed by atoms with E-state index in [1.165, 1.54) is 5.56 Å². The Morgan fingerprint density at radius 1 is 1.28 bits per heavy atom. The average Bonchev–Trinajstić information content (AvgIpc) is 2.90. The number of morpholine rings is 1. The third-order valence-electron chi connectivity index (χ3n) is 4.56. The summed E-state index contributed by atoms with van der Waals surface area (Å²) in [5.74, 6) is -2.63. The van der Waals surface area contributed by atoms with Crippen LogP contribution in [0.3, 0.4) is 0 Å². The minimum absolute atomic E-state index is 0.0115. The Morgan fingerprint density at radius 2 is 1.86 bits per heavy atom. The van der Waals surface area contributed by atoms with Gasteiger partial charge in [0.25, 0.3) is 0 Å². The van der Waals surface area contributed by atoms with Crippen molar-refractivity contribution in [2.75, 3.05) is 13.1 Å². The van der Waals surface area contributed by atoms with Crippen LogP contribution in [-0.4, -0.2) is 59.4 Å². The summed E-state index contributed by atoms with van der Waals surface area (Å²) in [6, 6.07) is 8.14. The Labute approximate surface area is 172 Å². The third kappa shape index (κ3) is 7.17. The van der Waals surface area contributed by atoms with E-state index < -0.39 is 12.1 Å². The van der Waals surface area contributed by atoms with Crippen LogP contribution in [0.4, 0.5) is 13.2 Å². The zero-order valence-corrected chi connectivity index (χ0v) is 16.8. The smallest absolute Gasteiger partial charge is 0.475 e. The van der Waals surface area contributed by atoms with E-state index in [-0.39, 0.29) is 30.1 Å². The molecule has 2 saturated heterocycles. The second-order valence-electron chi connectivity index (χ2n) is 7.43. The minimum atomic E-state index is -5.08. The highest BCUT2D eigenvalue weighted by Crippen LogP contribution is 2.32. The van der Waals surface area contributed by atoms with Crippen LogP contribution in [0.1, 0.15) is 25.8 Å². The van der Waals surface area contributed by atoms with Crippen molar-refractivity contribution >= 4 is 23.5 Å². The molecule has 0 aromatic heterocycles. The van der Waals surface area contributed by atoms with Gasteiger partial charge < -0.3 is 15.2 Å². The lowest BCUT2D eigenvalue weighted by molar-refractivity contribution is -0.192. The minimum Gasteiger partial charge on any atom is -0.475 e. The molecule has 0 saturated carbocycles. The topological polar surface area (TPSA) is 78.9 Å². The molecule has 6 nitrogen and oxygen atoms in total. The fourth-order valence-corrected chi connectivity index (χ4v) is 3.51. The molecule has 2 bridgehead atoms. The lowest BCUT2D eigenvalue weighted by Crippen LogP contribution is -2.45. The first-order valence-corrected chi connectivity index (χ1v) is 9.56. The Kier molecular flexibility index (Phi) is 7.90. The Bertz CT molecular complexity index is 712. The highest BCUT2D eigenvalue weighted by Gasteiger charge is 2.44. The van der Waals surface area contributed by atoms with E-state index in [0.717, 1.165) is 31.1 Å². The van der Waals surface area contributed by atoms with Crippen LogP contribution in [0.2, 0.25) is 5.02 Å². The number of nitrogens with zero attached hydrogens (tertiary/aromatic N) is 1. The number of ether oxygens (including phenoxy) is 1. The normalized spacial score (nSPS) is 24.0. The number of nitrogens with one attached hydrogen (secondary N) is 1.